The van der Waals surface area contributed by atoms with Crippen LogP contribution in [0, 0.1) is 0 Å². The molecule has 0 aromatic heterocycles. The SMILES string of the molecule is CN1C(=O)N(C(N)=O)CC1C(=O)O.CN1CCN(C(c2ccc(Cl)cc2)c2ccc(Cl)cc2)C1=O. The standard InChI is InChI=1S/C17H16Cl2N2O.C6H9N3O4/c1-20-10-11-21(17(20)22)16(12-2-6-14(18)7-3-12)13-4-8-15(19)9-5-13;1-8-3(4(10)11)2-9(5(7)12)6(8)13/h2-9,16H,10-11H2,1H3;3H,2H2,1H3,(H2,7,12)(H,10,11). The maximum absolute atomic E-state index is 12.4. The molecule has 3 N–H and O–H groups in total. The van der Waals surface area contributed by atoms with Crippen molar-refractivity contribution in [1.82, 2.24) is 19.6 Å². The van der Waals surface area contributed by atoms with E-state index >= 15 is 0 Å². The fourth-order valence-corrected chi connectivity index (χ4v) is 4.13. The first-order valence-corrected chi connectivity index (χ1v) is 11.4. The molecule has 2 aromatic carbocycles. The van der Waals surface area contributed by atoms with E-state index in [1.54, 1.807) is 4.90 Å². The average molecular weight is 522 g/mol. The zero-order chi connectivity index (χ0) is 25.9. The summed E-state index contributed by atoms with van der Waals surface area (Å²) < 4.78 is 0. The lowest BCUT2D eigenvalue weighted by atomic mass is 9.97. The lowest BCUT2D eigenvalue weighted by Crippen LogP contribution is -2.38. The summed E-state index contributed by atoms with van der Waals surface area (Å²) in [5.41, 5.74) is 6.93. The Kier molecular flexibility index (Phi) is 8.08. The Hall–Kier alpha value is -3.50. The molecule has 2 aromatic rings. The van der Waals surface area contributed by atoms with Crippen molar-refractivity contribution in [1.29, 1.82) is 0 Å². The molecule has 12 heteroatoms. The summed E-state index contributed by atoms with van der Waals surface area (Å²) in [5.74, 6) is -1.15. The second-order valence-corrected chi connectivity index (χ2v) is 8.97. The maximum atomic E-state index is 12.4. The minimum absolute atomic E-state index is 0.0369. The Morgan fingerprint density at radius 3 is 1.71 bits per heavy atom. The number of amides is 6. The Labute approximate surface area is 212 Å². The molecule has 0 spiro atoms. The third-order valence-corrected chi connectivity index (χ3v) is 6.34. The number of carboxylic acids is 1. The minimum Gasteiger partial charge on any atom is -0.480 e. The highest BCUT2D eigenvalue weighted by Crippen LogP contribution is 2.32. The molecule has 0 radical (unpaired) electrons. The number of likely N-dealkylation sites (N-methyl/N-ethyl adjacent to an activating group) is 2. The second-order valence-electron chi connectivity index (χ2n) is 8.10. The molecule has 2 saturated heterocycles. The first-order chi connectivity index (χ1) is 16.5. The van der Waals surface area contributed by atoms with E-state index in [0.29, 0.717) is 21.5 Å². The second kappa shape index (κ2) is 10.8. The van der Waals surface area contributed by atoms with Gasteiger partial charge in [0.1, 0.15) is 6.04 Å². The fourth-order valence-electron chi connectivity index (χ4n) is 3.88. The van der Waals surface area contributed by atoms with Crippen molar-refractivity contribution in [3.63, 3.8) is 0 Å². The molecule has 186 valence electrons. The Morgan fingerprint density at radius 2 is 1.40 bits per heavy atom. The van der Waals surface area contributed by atoms with Gasteiger partial charge in [-0.3, -0.25) is 0 Å². The van der Waals surface area contributed by atoms with Crippen LogP contribution in [-0.4, -0.2) is 88.5 Å². The van der Waals surface area contributed by atoms with Crippen LogP contribution < -0.4 is 5.73 Å². The van der Waals surface area contributed by atoms with Gasteiger partial charge in [0.2, 0.25) is 0 Å². The average Bonchev–Trinajstić information content (AvgIpc) is 3.30. The third-order valence-electron chi connectivity index (χ3n) is 5.84. The number of benzene rings is 2. The van der Waals surface area contributed by atoms with E-state index in [2.05, 4.69) is 0 Å². The predicted octanol–water partition coefficient (Wildman–Crippen LogP) is 3.34. The van der Waals surface area contributed by atoms with E-state index in [0.717, 1.165) is 22.6 Å². The van der Waals surface area contributed by atoms with Crippen LogP contribution in [0.25, 0.3) is 0 Å². The van der Waals surface area contributed by atoms with Gasteiger partial charge in [-0.25, -0.2) is 24.1 Å². The van der Waals surface area contributed by atoms with Gasteiger partial charge < -0.3 is 25.5 Å². The summed E-state index contributed by atoms with van der Waals surface area (Å²) >= 11 is 12.0. The topological polar surface area (TPSA) is 127 Å². The summed E-state index contributed by atoms with van der Waals surface area (Å²) in [6.07, 6.45) is 0. The highest BCUT2D eigenvalue weighted by Gasteiger charge is 2.41. The van der Waals surface area contributed by atoms with Crippen LogP contribution in [-0.2, 0) is 4.79 Å². The number of carboxylic acid groups (broad SMARTS) is 1. The van der Waals surface area contributed by atoms with E-state index in [1.807, 2.05) is 60.5 Å². The highest BCUT2D eigenvalue weighted by molar-refractivity contribution is 6.30. The quantitative estimate of drug-likeness (QED) is 0.637. The van der Waals surface area contributed by atoms with Crippen LogP contribution in [0.2, 0.25) is 10.0 Å². The van der Waals surface area contributed by atoms with Gasteiger partial charge in [-0.05, 0) is 35.4 Å². The number of nitrogens with zero attached hydrogens (tertiary/aromatic N) is 4. The Morgan fingerprint density at radius 1 is 0.914 bits per heavy atom. The number of hydrogen-bond donors (Lipinski definition) is 2. The van der Waals surface area contributed by atoms with Crippen molar-refractivity contribution in [3.05, 3.63) is 69.7 Å². The van der Waals surface area contributed by atoms with Crippen molar-refractivity contribution < 1.29 is 24.3 Å². The number of imide groups is 1. The van der Waals surface area contributed by atoms with E-state index in [4.69, 9.17) is 34.0 Å². The lowest BCUT2D eigenvalue weighted by molar-refractivity contribution is -0.140. The monoisotopic (exact) mass is 521 g/mol. The van der Waals surface area contributed by atoms with Crippen LogP contribution in [0.3, 0.4) is 0 Å². The van der Waals surface area contributed by atoms with Crippen molar-refractivity contribution in [2.75, 3.05) is 33.7 Å². The van der Waals surface area contributed by atoms with Crippen LogP contribution >= 0.6 is 23.2 Å². The van der Waals surface area contributed by atoms with Gasteiger partial charge in [0.15, 0.2) is 0 Å². The molecule has 1 unspecified atom stereocenters. The summed E-state index contributed by atoms with van der Waals surface area (Å²) in [4.78, 5) is 50.0. The normalized spacial score (nSPS) is 17.7. The largest absolute Gasteiger partial charge is 0.480 e. The van der Waals surface area contributed by atoms with Gasteiger partial charge in [0, 0.05) is 37.2 Å². The van der Waals surface area contributed by atoms with E-state index in [1.165, 1.54) is 7.05 Å². The third kappa shape index (κ3) is 5.77. The molecule has 10 nitrogen and oxygen atoms in total. The molecule has 1 atom stereocenters. The number of carbonyl (C=O) groups excluding carboxylic acids is 3. The summed E-state index contributed by atoms with van der Waals surface area (Å²) in [7, 11) is 3.13. The first-order valence-electron chi connectivity index (χ1n) is 10.6. The van der Waals surface area contributed by atoms with E-state index in [9.17, 15) is 19.2 Å². The van der Waals surface area contributed by atoms with E-state index < -0.39 is 24.1 Å². The van der Waals surface area contributed by atoms with Gasteiger partial charge in [-0.2, -0.15) is 0 Å². The summed E-state index contributed by atoms with van der Waals surface area (Å²) in [6.45, 7) is 1.24. The number of nitrogens with two attached hydrogens (primary N) is 1. The number of aliphatic carboxylic acids is 1. The van der Waals surface area contributed by atoms with Crippen LogP contribution in [0.5, 0.6) is 0 Å². The molecule has 0 aliphatic carbocycles. The molecule has 2 fully saturated rings. The molecule has 2 heterocycles. The maximum Gasteiger partial charge on any atom is 0.328 e. The van der Waals surface area contributed by atoms with Gasteiger partial charge in [-0.15, -0.1) is 0 Å². The van der Waals surface area contributed by atoms with Gasteiger partial charge in [0.05, 0.1) is 12.6 Å². The molecule has 0 bridgehead atoms. The first kappa shape index (κ1) is 26.1. The number of urea groups is 3. The van der Waals surface area contributed by atoms with Crippen molar-refractivity contribution in [3.8, 4) is 0 Å². The van der Waals surface area contributed by atoms with Gasteiger partial charge >= 0.3 is 24.1 Å². The van der Waals surface area contributed by atoms with Crippen LogP contribution in [0.1, 0.15) is 17.2 Å². The summed E-state index contributed by atoms with van der Waals surface area (Å²) in [5, 5.41) is 10.00. The molecule has 4 rings (SSSR count). The number of hydrogen-bond acceptors (Lipinski definition) is 4. The van der Waals surface area contributed by atoms with Crippen molar-refractivity contribution in [2.45, 2.75) is 12.1 Å². The smallest absolute Gasteiger partial charge is 0.328 e. The van der Waals surface area contributed by atoms with E-state index in [-0.39, 0.29) is 18.6 Å². The molecule has 2 aliphatic rings. The lowest BCUT2D eigenvalue weighted by Gasteiger charge is -2.28. The number of halogens is 2. The number of primary amides is 1. The van der Waals surface area contributed by atoms with Crippen molar-refractivity contribution in [2.24, 2.45) is 5.73 Å². The Balaban J connectivity index is 0.000000225. The number of rotatable bonds is 4. The minimum atomic E-state index is -1.15. The fraction of sp³-hybridized carbons (Fsp3) is 0.304. The van der Waals surface area contributed by atoms with Crippen LogP contribution in [0.15, 0.2) is 48.5 Å². The van der Waals surface area contributed by atoms with Gasteiger partial charge in [0.25, 0.3) is 0 Å². The zero-order valence-corrected chi connectivity index (χ0v) is 20.6. The van der Waals surface area contributed by atoms with Crippen molar-refractivity contribution >= 4 is 47.3 Å². The zero-order valence-electron chi connectivity index (χ0n) is 19.1. The molecule has 2 aliphatic heterocycles. The highest BCUT2D eigenvalue weighted by atomic mass is 35.5. The summed E-state index contributed by atoms with van der Waals surface area (Å²) in [6, 6.07) is 12.6. The molecular weight excluding hydrogens is 497 g/mol. The number of carbonyl (C=O) groups is 4. The molecule has 35 heavy (non-hydrogen) atoms. The predicted molar refractivity (Wildman–Crippen MR) is 130 cm³/mol. The molecule has 6 amide bonds. The molecule has 0 saturated carbocycles. The van der Waals surface area contributed by atoms with Gasteiger partial charge in [-0.1, -0.05) is 47.5 Å². The van der Waals surface area contributed by atoms with Crippen LogP contribution in [0.4, 0.5) is 14.4 Å². The Bertz CT molecular complexity index is 1070. The molecular formula is C23H25Cl2N5O5.